The van der Waals surface area contributed by atoms with Gasteiger partial charge in [-0.3, -0.25) is 4.79 Å². The zero-order valence-corrected chi connectivity index (χ0v) is 18.5. The highest BCUT2D eigenvalue weighted by Gasteiger charge is 2.43. The molecule has 1 aromatic heterocycles. The second kappa shape index (κ2) is 9.21. The number of carbonyl (C=O) groups excluding carboxylic acids is 1. The maximum atomic E-state index is 14.2. The van der Waals surface area contributed by atoms with Crippen LogP contribution in [0, 0.1) is 0 Å². The molecule has 0 unspecified atom stereocenters. The van der Waals surface area contributed by atoms with Gasteiger partial charge in [0.05, 0.1) is 17.2 Å². The standard InChI is InChI=1S/C21H24F4N2O4S/c1-3-31-17(28)12-27-20(21(23,24)25)18(13-4-8-15(22)9-5-13)19(26-27)14-6-10-16(11-7-14)32(2,29)30/h6-7,10-11,13,15H,3-5,8-9,12H2,1-2H3. The molecule has 0 aliphatic heterocycles. The highest BCUT2D eigenvalue weighted by molar-refractivity contribution is 7.90. The summed E-state index contributed by atoms with van der Waals surface area (Å²) in [5, 5.41) is 4.11. The first kappa shape index (κ1) is 24.2. The lowest BCUT2D eigenvalue weighted by molar-refractivity contribution is -0.150. The van der Waals surface area contributed by atoms with Gasteiger partial charge in [0.15, 0.2) is 9.84 Å². The second-order valence-corrected chi connectivity index (χ2v) is 9.83. The molecule has 3 rings (SSSR count). The van der Waals surface area contributed by atoms with E-state index in [-0.39, 0.29) is 54.0 Å². The van der Waals surface area contributed by atoms with Crippen LogP contribution in [0.1, 0.15) is 49.8 Å². The predicted molar refractivity (Wildman–Crippen MR) is 109 cm³/mol. The van der Waals surface area contributed by atoms with Crippen molar-refractivity contribution < 1.29 is 35.5 Å². The maximum absolute atomic E-state index is 14.2. The summed E-state index contributed by atoms with van der Waals surface area (Å²) < 4.78 is 85.0. The first-order valence-corrected chi connectivity index (χ1v) is 12.1. The Bertz CT molecular complexity index is 1070. The van der Waals surface area contributed by atoms with E-state index in [0.29, 0.717) is 4.68 Å². The SMILES string of the molecule is CCOC(=O)Cn1nc(-c2ccc(S(C)(=O)=O)cc2)c(C2CCC(F)CC2)c1C(F)(F)F. The minimum Gasteiger partial charge on any atom is -0.465 e. The fraction of sp³-hybridized carbons (Fsp3) is 0.524. The van der Waals surface area contributed by atoms with Crippen molar-refractivity contribution in [3.63, 3.8) is 0 Å². The van der Waals surface area contributed by atoms with Crippen LogP contribution in [0.25, 0.3) is 11.3 Å². The van der Waals surface area contributed by atoms with Crippen LogP contribution < -0.4 is 0 Å². The van der Waals surface area contributed by atoms with Crippen LogP contribution >= 0.6 is 0 Å². The Balaban J connectivity index is 2.18. The second-order valence-electron chi connectivity index (χ2n) is 7.82. The Morgan fingerprint density at radius 1 is 1.16 bits per heavy atom. The molecule has 2 aromatic rings. The molecule has 0 N–H and O–H groups in total. The molecule has 0 radical (unpaired) electrons. The molecular formula is C21H24F4N2O4S. The van der Waals surface area contributed by atoms with E-state index in [0.717, 1.165) is 6.26 Å². The number of benzene rings is 1. The Morgan fingerprint density at radius 2 is 1.75 bits per heavy atom. The third kappa shape index (κ3) is 5.31. The van der Waals surface area contributed by atoms with E-state index in [1.54, 1.807) is 6.92 Å². The lowest BCUT2D eigenvalue weighted by Gasteiger charge is -2.26. The topological polar surface area (TPSA) is 78.3 Å². The Kier molecular flexibility index (Phi) is 6.97. The minimum absolute atomic E-state index is 0.00369. The predicted octanol–water partition coefficient (Wildman–Crippen LogP) is 4.53. The molecule has 1 aromatic carbocycles. The Labute approximate surface area is 183 Å². The number of nitrogens with zero attached hydrogens (tertiary/aromatic N) is 2. The number of aromatic nitrogens is 2. The van der Waals surface area contributed by atoms with Gasteiger partial charge in [0.2, 0.25) is 0 Å². The van der Waals surface area contributed by atoms with E-state index in [1.807, 2.05) is 0 Å². The summed E-state index contributed by atoms with van der Waals surface area (Å²) in [6, 6.07) is 5.37. The van der Waals surface area contributed by atoms with Crippen molar-refractivity contribution >= 4 is 15.8 Å². The molecule has 6 nitrogen and oxygen atoms in total. The van der Waals surface area contributed by atoms with Crippen LogP contribution in [-0.4, -0.2) is 43.2 Å². The van der Waals surface area contributed by atoms with Gasteiger partial charge >= 0.3 is 12.1 Å². The number of hydrogen-bond donors (Lipinski definition) is 0. The number of hydrogen-bond acceptors (Lipinski definition) is 5. The zero-order valence-electron chi connectivity index (χ0n) is 17.7. The van der Waals surface area contributed by atoms with Crippen molar-refractivity contribution in [2.45, 2.75) is 62.3 Å². The van der Waals surface area contributed by atoms with Gasteiger partial charge in [0.25, 0.3) is 0 Å². The van der Waals surface area contributed by atoms with Crippen molar-refractivity contribution in [3.05, 3.63) is 35.5 Å². The molecule has 1 aliphatic rings. The highest BCUT2D eigenvalue weighted by Crippen LogP contribution is 2.45. The first-order valence-electron chi connectivity index (χ1n) is 10.2. The van der Waals surface area contributed by atoms with Crippen molar-refractivity contribution in [3.8, 4) is 11.3 Å². The van der Waals surface area contributed by atoms with Gasteiger partial charge < -0.3 is 4.74 Å². The smallest absolute Gasteiger partial charge is 0.433 e. The van der Waals surface area contributed by atoms with Gasteiger partial charge in [-0.25, -0.2) is 17.5 Å². The summed E-state index contributed by atoms with van der Waals surface area (Å²) in [6.07, 6.45) is -4.15. The number of halogens is 4. The Morgan fingerprint density at radius 3 is 2.25 bits per heavy atom. The van der Waals surface area contributed by atoms with Gasteiger partial charge in [-0.2, -0.15) is 18.3 Å². The van der Waals surface area contributed by atoms with E-state index in [4.69, 9.17) is 4.74 Å². The third-order valence-electron chi connectivity index (χ3n) is 5.46. The molecule has 176 valence electrons. The summed E-state index contributed by atoms with van der Waals surface area (Å²) in [6.45, 7) is 0.825. The van der Waals surface area contributed by atoms with Crippen LogP contribution in [0.4, 0.5) is 17.6 Å². The van der Waals surface area contributed by atoms with Crippen LogP contribution in [0.2, 0.25) is 0 Å². The number of esters is 1. The van der Waals surface area contributed by atoms with Crippen LogP contribution in [0.15, 0.2) is 29.2 Å². The van der Waals surface area contributed by atoms with Crippen LogP contribution in [-0.2, 0) is 32.1 Å². The normalized spacial score (nSPS) is 19.7. The summed E-state index contributed by atoms with van der Waals surface area (Å²) in [5.41, 5.74) is -0.872. The molecule has 0 spiro atoms. The van der Waals surface area contributed by atoms with Gasteiger partial charge in [0, 0.05) is 17.4 Å². The minimum atomic E-state index is -4.81. The fourth-order valence-corrected chi connectivity index (χ4v) is 4.65. The summed E-state index contributed by atoms with van der Waals surface area (Å²) in [5.74, 6) is -1.46. The summed E-state index contributed by atoms with van der Waals surface area (Å²) >= 11 is 0. The van der Waals surface area contributed by atoms with Crippen LogP contribution in [0.5, 0.6) is 0 Å². The van der Waals surface area contributed by atoms with Crippen molar-refractivity contribution in [1.29, 1.82) is 0 Å². The van der Waals surface area contributed by atoms with Gasteiger partial charge in [-0.05, 0) is 50.7 Å². The van der Waals surface area contributed by atoms with Crippen molar-refractivity contribution in [2.75, 3.05) is 12.9 Å². The monoisotopic (exact) mass is 476 g/mol. The number of rotatable bonds is 6. The quantitative estimate of drug-likeness (QED) is 0.452. The molecule has 1 fully saturated rings. The molecule has 0 saturated heterocycles. The first-order chi connectivity index (χ1) is 14.9. The van der Waals surface area contributed by atoms with Gasteiger partial charge in [0.1, 0.15) is 18.4 Å². The summed E-state index contributed by atoms with van der Waals surface area (Å²) in [4.78, 5) is 12.0. The summed E-state index contributed by atoms with van der Waals surface area (Å²) in [7, 11) is -3.50. The van der Waals surface area contributed by atoms with Crippen LogP contribution in [0.3, 0.4) is 0 Å². The number of carbonyl (C=O) groups is 1. The number of sulfone groups is 1. The van der Waals surface area contributed by atoms with E-state index in [2.05, 4.69) is 5.10 Å². The third-order valence-corrected chi connectivity index (χ3v) is 6.59. The van der Waals surface area contributed by atoms with E-state index >= 15 is 0 Å². The largest absolute Gasteiger partial charge is 0.465 e. The van der Waals surface area contributed by atoms with E-state index in [9.17, 15) is 30.8 Å². The Hall–Kier alpha value is -2.43. The zero-order chi connectivity index (χ0) is 23.7. The van der Waals surface area contributed by atoms with Gasteiger partial charge in [-0.15, -0.1) is 0 Å². The molecule has 11 heteroatoms. The molecule has 1 aliphatic carbocycles. The molecule has 0 amide bonds. The molecule has 1 heterocycles. The lowest BCUT2D eigenvalue weighted by atomic mass is 9.81. The lowest BCUT2D eigenvalue weighted by Crippen LogP contribution is -2.23. The molecule has 0 bridgehead atoms. The average Bonchev–Trinajstić information content (AvgIpc) is 3.07. The van der Waals surface area contributed by atoms with Gasteiger partial charge in [-0.1, -0.05) is 12.1 Å². The van der Waals surface area contributed by atoms with Crippen molar-refractivity contribution in [1.82, 2.24) is 9.78 Å². The van der Waals surface area contributed by atoms with Crippen molar-refractivity contribution in [2.24, 2.45) is 0 Å². The number of ether oxygens (including phenoxy) is 1. The number of alkyl halides is 4. The molecular weight excluding hydrogens is 452 g/mol. The maximum Gasteiger partial charge on any atom is 0.433 e. The van der Waals surface area contributed by atoms with E-state index in [1.165, 1.54) is 24.3 Å². The average molecular weight is 476 g/mol. The molecule has 1 saturated carbocycles. The fourth-order valence-electron chi connectivity index (χ4n) is 4.02. The molecule has 0 atom stereocenters. The molecule has 32 heavy (non-hydrogen) atoms. The van der Waals surface area contributed by atoms with E-state index < -0.39 is 46.3 Å². The highest BCUT2D eigenvalue weighted by atomic mass is 32.2.